The topological polar surface area (TPSA) is 90.9 Å². The first-order valence-electron chi connectivity index (χ1n) is 15.6. The minimum Gasteiger partial charge on any atom is -0.422 e. The molecule has 44 heavy (non-hydrogen) atoms. The molecule has 2 aromatic heterocycles. The zero-order chi connectivity index (χ0) is 31.1. The number of thiophene rings is 1. The molecule has 4 rings (SSSR count). The molecule has 9 heteroatoms. The molecule has 7 nitrogen and oxygen atoms in total. The van der Waals surface area contributed by atoms with Gasteiger partial charge in [-0.25, -0.2) is 9.78 Å². The highest BCUT2D eigenvalue weighted by Gasteiger charge is 2.15. The average Bonchev–Trinajstić information content (AvgIpc) is 3.60. The minimum absolute atomic E-state index is 0.0612. The fourth-order valence-corrected chi connectivity index (χ4v) is 6.66. The molecule has 2 heterocycles. The van der Waals surface area contributed by atoms with Crippen LogP contribution in [0.25, 0.3) is 15.6 Å². The largest absolute Gasteiger partial charge is 0.422 e. The number of hydrogen-bond acceptors (Lipinski definition) is 9. The lowest BCUT2D eigenvalue weighted by molar-refractivity contribution is -0.129. The third kappa shape index (κ3) is 9.83. The van der Waals surface area contributed by atoms with Gasteiger partial charge in [-0.1, -0.05) is 76.3 Å². The summed E-state index contributed by atoms with van der Waals surface area (Å²) in [7, 11) is 0. The first-order chi connectivity index (χ1) is 21.5. The van der Waals surface area contributed by atoms with Gasteiger partial charge >= 0.3 is 5.97 Å². The molecule has 0 saturated heterocycles. The number of carbonyl (C=O) groups is 1. The van der Waals surface area contributed by atoms with E-state index in [9.17, 15) is 10.1 Å². The Hall–Kier alpha value is -3.87. The lowest BCUT2D eigenvalue weighted by Crippen LogP contribution is -2.25. The highest BCUT2D eigenvalue weighted by molar-refractivity contribution is 7.29. The van der Waals surface area contributed by atoms with Crippen LogP contribution in [0.4, 0.5) is 16.5 Å². The van der Waals surface area contributed by atoms with E-state index in [1.54, 1.807) is 18.2 Å². The summed E-state index contributed by atoms with van der Waals surface area (Å²) in [6, 6.07) is 19.6. The number of hydrogen-bond donors (Lipinski definition) is 0. The Balaban J connectivity index is 1.35. The first kappa shape index (κ1) is 33.0. The van der Waals surface area contributed by atoms with Crippen molar-refractivity contribution in [1.82, 2.24) is 4.98 Å². The third-order valence-corrected chi connectivity index (χ3v) is 9.20. The summed E-state index contributed by atoms with van der Waals surface area (Å²) in [5, 5.41) is 18.9. The van der Waals surface area contributed by atoms with Gasteiger partial charge in [-0.3, -0.25) is 0 Å². The highest BCUT2D eigenvalue weighted by atomic mass is 32.1. The van der Waals surface area contributed by atoms with Gasteiger partial charge in [0, 0.05) is 23.7 Å². The van der Waals surface area contributed by atoms with E-state index in [0.717, 1.165) is 46.0 Å². The van der Waals surface area contributed by atoms with Crippen LogP contribution < -0.4 is 9.64 Å². The summed E-state index contributed by atoms with van der Waals surface area (Å²) < 4.78 is 6.40. The maximum Gasteiger partial charge on any atom is 0.354 e. The van der Waals surface area contributed by atoms with Crippen molar-refractivity contribution >= 4 is 60.8 Å². The van der Waals surface area contributed by atoms with E-state index in [0.29, 0.717) is 10.9 Å². The third-order valence-electron chi connectivity index (χ3n) is 7.21. The van der Waals surface area contributed by atoms with Crippen LogP contribution in [0.3, 0.4) is 0 Å². The van der Waals surface area contributed by atoms with Crippen molar-refractivity contribution in [2.75, 3.05) is 18.0 Å². The van der Waals surface area contributed by atoms with Crippen molar-refractivity contribution in [3.63, 3.8) is 0 Å². The Morgan fingerprint density at radius 2 is 1.61 bits per heavy atom. The summed E-state index contributed by atoms with van der Waals surface area (Å²) in [4.78, 5) is 21.3. The number of aromatic nitrogens is 1. The van der Waals surface area contributed by atoms with Crippen LogP contribution in [0, 0.1) is 11.3 Å². The zero-order valence-corrected chi connectivity index (χ0v) is 27.6. The van der Waals surface area contributed by atoms with Crippen LogP contribution in [0.2, 0.25) is 0 Å². The molecule has 0 unspecified atom stereocenters. The second-order valence-electron chi connectivity index (χ2n) is 10.7. The fourth-order valence-electron chi connectivity index (χ4n) is 4.68. The Bertz CT molecular complexity index is 1540. The second kappa shape index (κ2) is 17.4. The number of nitrogens with zero attached hydrogens (tertiary/aromatic N) is 5. The molecule has 230 valence electrons. The first-order valence-corrected chi connectivity index (χ1v) is 17.3. The smallest absolute Gasteiger partial charge is 0.354 e. The number of benzene rings is 2. The number of azo groups is 1. The van der Waals surface area contributed by atoms with Gasteiger partial charge < -0.3 is 9.64 Å². The standard InChI is InChI=1S/C35H41N5O2S2/c1-4-7-10-11-12-26-13-19-30(20-14-26)42-34(41)27(25-36)23-31-24-32-33(43-31)37-35(44-32)39-38-28-15-17-29(18-16-28)40(21-8-5-2)22-9-6-3/h13-20,23-24H,4-12,21-22H2,1-3H3/b27-23+,39-38+. The molecule has 0 atom stereocenters. The molecule has 4 aromatic rings. The van der Waals surface area contributed by atoms with Crippen molar-refractivity contribution in [2.24, 2.45) is 10.2 Å². The van der Waals surface area contributed by atoms with E-state index >= 15 is 0 Å². The van der Waals surface area contributed by atoms with Crippen LogP contribution >= 0.6 is 22.7 Å². The van der Waals surface area contributed by atoms with E-state index in [2.05, 4.69) is 53.0 Å². The molecule has 0 aliphatic heterocycles. The Morgan fingerprint density at radius 1 is 0.909 bits per heavy atom. The van der Waals surface area contributed by atoms with E-state index in [1.165, 1.54) is 78.9 Å². The maximum absolute atomic E-state index is 12.7. The molecule has 0 fully saturated rings. The van der Waals surface area contributed by atoms with Gasteiger partial charge in [0.2, 0.25) is 5.13 Å². The van der Waals surface area contributed by atoms with Crippen molar-refractivity contribution in [2.45, 2.75) is 78.6 Å². The Kier molecular flexibility index (Phi) is 13.1. The molecule has 0 amide bonds. The second-order valence-corrected chi connectivity index (χ2v) is 12.8. The van der Waals surface area contributed by atoms with Gasteiger partial charge in [0.15, 0.2) is 0 Å². The molecule has 0 bridgehead atoms. The number of unbranched alkanes of at least 4 members (excludes halogenated alkanes) is 5. The van der Waals surface area contributed by atoms with Crippen LogP contribution in [0.1, 0.15) is 82.6 Å². The van der Waals surface area contributed by atoms with E-state index in [4.69, 9.17) is 4.74 Å². The van der Waals surface area contributed by atoms with Crippen molar-refractivity contribution in [3.8, 4) is 11.8 Å². The number of fused-ring (bicyclic) bond motifs is 1. The van der Waals surface area contributed by atoms with Gasteiger partial charge in [0.25, 0.3) is 0 Å². The lowest BCUT2D eigenvalue weighted by atomic mass is 10.1. The summed E-state index contributed by atoms with van der Waals surface area (Å²) in [5.74, 6) is -0.246. The van der Waals surface area contributed by atoms with Gasteiger partial charge in [-0.15, -0.1) is 21.6 Å². The zero-order valence-electron chi connectivity index (χ0n) is 25.9. The summed E-state index contributed by atoms with van der Waals surface area (Å²) in [5.41, 5.74) is 3.15. The van der Waals surface area contributed by atoms with Crippen LogP contribution in [0.15, 0.2) is 70.4 Å². The van der Waals surface area contributed by atoms with Gasteiger partial charge in [0.1, 0.15) is 22.2 Å². The van der Waals surface area contributed by atoms with Crippen molar-refractivity contribution in [1.29, 1.82) is 5.26 Å². The van der Waals surface area contributed by atoms with Crippen LogP contribution in [-0.4, -0.2) is 24.0 Å². The maximum atomic E-state index is 12.7. The fraction of sp³-hybridized carbons (Fsp3) is 0.400. The number of esters is 1. The number of aryl methyl sites for hydroxylation is 1. The predicted octanol–water partition coefficient (Wildman–Crippen LogP) is 10.8. The quantitative estimate of drug-likeness (QED) is 0.0290. The molecule has 0 saturated carbocycles. The van der Waals surface area contributed by atoms with E-state index in [-0.39, 0.29) is 5.57 Å². The Labute approximate surface area is 268 Å². The van der Waals surface area contributed by atoms with E-state index in [1.807, 2.05) is 36.4 Å². The van der Waals surface area contributed by atoms with Gasteiger partial charge in [0.05, 0.1) is 10.4 Å². The average molecular weight is 628 g/mol. The van der Waals surface area contributed by atoms with Gasteiger partial charge in [-0.05, 0) is 79.8 Å². The normalized spacial score (nSPS) is 11.7. The molecule has 0 spiro atoms. The Morgan fingerprint density at radius 3 is 2.25 bits per heavy atom. The van der Waals surface area contributed by atoms with E-state index < -0.39 is 5.97 Å². The summed E-state index contributed by atoms with van der Waals surface area (Å²) >= 11 is 2.82. The number of rotatable bonds is 17. The number of nitriles is 1. The van der Waals surface area contributed by atoms with Crippen LogP contribution in [-0.2, 0) is 11.2 Å². The molecule has 2 aromatic carbocycles. The molecule has 0 radical (unpaired) electrons. The highest BCUT2D eigenvalue weighted by Crippen LogP contribution is 2.36. The number of ether oxygens (including phenoxy) is 1. The molecule has 0 N–H and O–H groups in total. The number of carbonyl (C=O) groups excluding carboxylic acids is 1. The molecular formula is C35H41N5O2S2. The predicted molar refractivity (Wildman–Crippen MR) is 184 cm³/mol. The number of thiazole rings is 1. The molecule has 0 aliphatic rings. The monoisotopic (exact) mass is 627 g/mol. The molecule has 0 aliphatic carbocycles. The van der Waals surface area contributed by atoms with Crippen molar-refractivity contribution in [3.05, 3.63) is 70.6 Å². The lowest BCUT2D eigenvalue weighted by Gasteiger charge is -2.24. The summed E-state index contributed by atoms with van der Waals surface area (Å²) in [6.45, 7) is 8.77. The molecular weight excluding hydrogens is 587 g/mol. The van der Waals surface area contributed by atoms with Gasteiger partial charge in [-0.2, -0.15) is 5.26 Å². The summed E-state index contributed by atoms with van der Waals surface area (Å²) in [6.07, 6.45) is 12.1. The van der Waals surface area contributed by atoms with Crippen molar-refractivity contribution < 1.29 is 9.53 Å². The van der Waals surface area contributed by atoms with Crippen LogP contribution in [0.5, 0.6) is 5.75 Å². The number of anilines is 1. The SMILES string of the molecule is CCCCCCc1ccc(OC(=O)/C(C#N)=C/c2cc3sc(/N=N/c4ccc(N(CCCC)CCCC)cc4)nc3s2)cc1. The minimum atomic E-state index is -0.674.